The van der Waals surface area contributed by atoms with E-state index in [0.29, 0.717) is 0 Å². The topological polar surface area (TPSA) is 26.3 Å². The summed E-state index contributed by atoms with van der Waals surface area (Å²) in [6.07, 6.45) is -0.265. The Morgan fingerprint density at radius 2 is 1.04 bits per heavy atom. The van der Waals surface area contributed by atoms with Crippen molar-refractivity contribution < 1.29 is 9.53 Å². The van der Waals surface area contributed by atoms with E-state index in [1.165, 1.54) is 0 Å². The van der Waals surface area contributed by atoms with Gasteiger partial charge < -0.3 is 4.74 Å². The van der Waals surface area contributed by atoms with Gasteiger partial charge in [0, 0.05) is 0 Å². The van der Waals surface area contributed by atoms with Crippen LogP contribution in [0, 0.1) is 5.92 Å². The molecule has 0 aliphatic rings. The van der Waals surface area contributed by atoms with Crippen molar-refractivity contribution in [2.75, 3.05) is 0 Å². The third kappa shape index (κ3) is 4.20. The van der Waals surface area contributed by atoms with E-state index in [0.717, 1.165) is 16.7 Å². The van der Waals surface area contributed by atoms with Gasteiger partial charge in [-0.3, -0.25) is 4.79 Å². The number of rotatable bonds is 6. The van der Waals surface area contributed by atoms with Crippen LogP contribution in [0.3, 0.4) is 0 Å². The highest BCUT2D eigenvalue weighted by atomic mass is 16.5. The summed E-state index contributed by atoms with van der Waals surface area (Å²) in [5, 5.41) is 0. The fourth-order valence-corrected chi connectivity index (χ4v) is 3.18. The van der Waals surface area contributed by atoms with Crippen LogP contribution < -0.4 is 0 Å². The lowest BCUT2D eigenvalue weighted by Gasteiger charge is -2.25. The van der Waals surface area contributed by atoms with Crippen LogP contribution in [-0.4, -0.2) is 5.97 Å². The van der Waals surface area contributed by atoms with Crippen molar-refractivity contribution in [3.8, 4) is 0 Å². The molecule has 0 radical (unpaired) electrons. The van der Waals surface area contributed by atoms with Crippen LogP contribution >= 0.6 is 0 Å². The van der Waals surface area contributed by atoms with Gasteiger partial charge in [-0.1, -0.05) is 105 Å². The highest BCUT2D eigenvalue weighted by Crippen LogP contribution is 2.31. The molecule has 0 heterocycles. The van der Waals surface area contributed by atoms with Gasteiger partial charge in [-0.25, -0.2) is 0 Å². The first kappa shape index (κ1) is 17.9. The zero-order valence-corrected chi connectivity index (χ0v) is 15.2. The molecule has 132 valence electrons. The molecule has 2 nitrogen and oxygen atoms in total. The fourth-order valence-electron chi connectivity index (χ4n) is 3.18. The number of hydrogen-bond acceptors (Lipinski definition) is 2. The van der Waals surface area contributed by atoms with Crippen LogP contribution in [0.2, 0.25) is 0 Å². The molecule has 0 spiro atoms. The molecule has 0 aliphatic heterocycles. The molecule has 0 unspecified atom stereocenters. The molecule has 0 amide bonds. The summed E-state index contributed by atoms with van der Waals surface area (Å²) in [5.74, 6) is -0.458. The van der Waals surface area contributed by atoms with E-state index < -0.39 is 5.92 Å². The smallest absolute Gasteiger partial charge is 0.318 e. The number of esters is 1. The largest absolute Gasteiger partial charge is 0.457 e. The summed E-state index contributed by atoms with van der Waals surface area (Å²) in [5.41, 5.74) is 2.91. The zero-order chi connectivity index (χ0) is 18.4. The second-order valence-electron chi connectivity index (χ2n) is 6.77. The van der Waals surface area contributed by atoms with E-state index in [4.69, 9.17) is 4.74 Å². The van der Waals surface area contributed by atoms with Crippen LogP contribution in [0.5, 0.6) is 0 Å². The van der Waals surface area contributed by atoms with E-state index >= 15 is 0 Å². The number of carbonyl (C=O) groups is 1. The molecule has 0 aromatic heterocycles. The van der Waals surface area contributed by atoms with Crippen molar-refractivity contribution >= 4 is 5.97 Å². The summed E-state index contributed by atoms with van der Waals surface area (Å²) in [4.78, 5) is 13.2. The van der Waals surface area contributed by atoms with Gasteiger partial charge in [-0.05, 0) is 22.6 Å². The maximum absolute atomic E-state index is 13.2. The van der Waals surface area contributed by atoms with E-state index in [-0.39, 0.29) is 18.0 Å². The summed E-state index contributed by atoms with van der Waals surface area (Å²) in [6.45, 7) is 4.15. The van der Waals surface area contributed by atoms with E-state index in [9.17, 15) is 4.79 Å². The molecule has 3 aromatic rings. The Labute approximate surface area is 155 Å². The van der Waals surface area contributed by atoms with Crippen molar-refractivity contribution in [1.29, 1.82) is 0 Å². The SMILES string of the molecule is CC(C)[C@@H](OC(=O)C(c1ccccc1)c1ccccc1)c1ccccc1. The summed E-state index contributed by atoms with van der Waals surface area (Å²) in [7, 11) is 0. The third-order valence-electron chi connectivity index (χ3n) is 4.48. The minimum Gasteiger partial charge on any atom is -0.457 e. The summed E-state index contributed by atoms with van der Waals surface area (Å²) in [6, 6.07) is 29.6. The van der Waals surface area contributed by atoms with Gasteiger partial charge in [0.25, 0.3) is 0 Å². The second-order valence-corrected chi connectivity index (χ2v) is 6.77. The molecular formula is C24H24O2. The molecular weight excluding hydrogens is 320 g/mol. The summed E-state index contributed by atoms with van der Waals surface area (Å²) < 4.78 is 6.03. The Kier molecular flexibility index (Phi) is 5.85. The van der Waals surface area contributed by atoms with Crippen molar-refractivity contribution in [2.45, 2.75) is 25.9 Å². The van der Waals surface area contributed by atoms with Gasteiger partial charge in [0.2, 0.25) is 0 Å². The van der Waals surface area contributed by atoms with Gasteiger partial charge in [0.05, 0.1) is 0 Å². The maximum atomic E-state index is 13.2. The average Bonchev–Trinajstić information content (AvgIpc) is 2.68. The van der Waals surface area contributed by atoms with Gasteiger partial charge in [-0.15, -0.1) is 0 Å². The molecule has 1 atom stereocenters. The number of hydrogen-bond donors (Lipinski definition) is 0. The van der Waals surface area contributed by atoms with Gasteiger partial charge in [0.1, 0.15) is 12.0 Å². The van der Waals surface area contributed by atoms with Gasteiger partial charge >= 0.3 is 5.97 Å². The standard InChI is InChI=1S/C24H24O2/c1-18(2)23(21-16-10-5-11-17-21)26-24(25)22(19-12-6-3-7-13-19)20-14-8-4-9-15-20/h3-18,22-23H,1-2H3/t23-/m1/s1. The first-order valence-corrected chi connectivity index (χ1v) is 9.02. The van der Waals surface area contributed by atoms with Crippen molar-refractivity contribution in [2.24, 2.45) is 5.92 Å². The predicted molar refractivity (Wildman–Crippen MR) is 105 cm³/mol. The van der Waals surface area contributed by atoms with Crippen LogP contribution in [0.4, 0.5) is 0 Å². The Morgan fingerprint density at radius 3 is 1.42 bits per heavy atom. The number of ether oxygens (including phenoxy) is 1. The molecule has 2 heteroatoms. The maximum Gasteiger partial charge on any atom is 0.318 e. The molecule has 0 bridgehead atoms. The van der Waals surface area contributed by atoms with Gasteiger partial charge in [0.15, 0.2) is 0 Å². The van der Waals surface area contributed by atoms with Crippen molar-refractivity contribution in [1.82, 2.24) is 0 Å². The minimum absolute atomic E-state index is 0.188. The molecule has 26 heavy (non-hydrogen) atoms. The highest BCUT2D eigenvalue weighted by Gasteiger charge is 2.28. The van der Waals surface area contributed by atoms with Crippen molar-refractivity contribution in [3.05, 3.63) is 108 Å². The number of benzene rings is 3. The highest BCUT2D eigenvalue weighted by molar-refractivity contribution is 5.82. The molecule has 3 rings (SSSR count). The lowest BCUT2D eigenvalue weighted by Crippen LogP contribution is -2.22. The Morgan fingerprint density at radius 1 is 0.654 bits per heavy atom. The molecule has 0 saturated heterocycles. The van der Waals surface area contributed by atoms with Crippen LogP contribution in [0.15, 0.2) is 91.0 Å². The minimum atomic E-state index is -0.428. The monoisotopic (exact) mass is 344 g/mol. The first-order valence-electron chi connectivity index (χ1n) is 9.02. The second kappa shape index (κ2) is 8.48. The van der Waals surface area contributed by atoms with Crippen LogP contribution in [0.1, 0.15) is 42.6 Å². The van der Waals surface area contributed by atoms with Crippen molar-refractivity contribution in [3.63, 3.8) is 0 Å². The van der Waals surface area contributed by atoms with Crippen LogP contribution in [0.25, 0.3) is 0 Å². The van der Waals surface area contributed by atoms with E-state index in [1.807, 2.05) is 91.0 Å². The van der Waals surface area contributed by atoms with E-state index in [1.54, 1.807) is 0 Å². The summed E-state index contributed by atoms with van der Waals surface area (Å²) >= 11 is 0. The van der Waals surface area contributed by atoms with E-state index in [2.05, 4.69) is 13.8 Å². The predicted octanol–water partition coefficient (Wildman–Crippen LogP) is 5.76. The lowest BCUT2D eigenvalue weighted by atomic mass is 9.91. The third-order valence-corrected chi connectivity index (χ3v) is 4.48. The lowest BCUT2D eigenvalue weighted by molar-refractivity contribution is -0.152. The number of carbonyl (C=O) groups excluding carboxylic acids is 1. The quantitative estimate of drug-likeness (QED) is 0.532. The Balaban J connectivity index is 1.93. The molecule has 0 aliphatic carbocycles. The molecule has 3 aromatic carbocycles. The zero-order valence-electron chi connectivity index (χ0n) is 15.2. The Hall–Kier alpha value is -2.87. The fraction of sp³-hybridized carbons (Fsp3) is 0.208. The molecule has 0 saturated carbocycles. The normalized spacial score (nSPS) is 12.2. The average molecular weight is 344 g/mol. The first-order chi connectivity index (χ1) is 12.7. The van der Waals surface area contributed by atoms with Crippen LogP contribution in [-0.2, 0) is 9.53 Å². The molecule has 0 N–H and O–H groups in total. The Bertz CT molecular complexity index is 771. The van der Waals surface area contributed by atoms with Gasteiger partial charge in [-0.2, -0.15) is 0 Å². The molecule has 0 fully saturated rings.